The van der Waals surface area contributed by atoms with Crippen molar-refractivity contribution in [2.45, 2.75) is 64.9 Å². The van der Waals surface area contributed by atoms with Crippen LogP contribution in [0.15, 0.2) is 66.2 Å². The van der Waals surface area contributed by atoms with Gasteiger partial charge in [0.25, 0.3) is 0 Å². The van der Waals surface area contributed by atoms with E-state index < -0.39 is 29.3 Å². The fourth-order valence-electron chi connectivity index (χ4n) is 6.18. The van der Waals surface area contributed by atoms with Crippen LogP contribution in [0.3, 0.4) is 0 Å². The zero-order chi connectivity index (χ0) is 32.1. The Bertz CT molecular complexity index is 1510. The molecule has 3 aromatic carbocycles. The lowest BCUT2D eigenvalue weighted by Gasteiger charge is -2.44. The average Bonchev–Trinajstić information content (AvgIpc) is 3.35. The van der Waals surface area contributed by atoms with Crippen LogP contribution in [0.1, 0.15) is 62.4 Å². The molecule has 0 bridgehead atoms. The minimum absolute atomic E-state index is 0.0451. The Kier molecular flexibility index (Phi) is 10.2. The van der Waals surface area contributed by atoms with Gasteiger partial charge < -0.3 is 18.9 Å². The number of halogens is 3. The summed E-state index contributed by atoms with van der Waals surface area (Å²) in [5.74, 6) is -1.19. The van der Waals surface area contributed by atoms with Gasteiger partial charge in [-0.25, -0.2) is 18.0 Å². The van der Waals surface area contributed by atoms with Gasteiger partial charge >= 0.3 is 5.97 Å². The molecule has 0 saturated heterocycles. The van der Waals surface area contributed by atoms with Crippen LogP contribution in [0.2, 0.25) is 0 Å². The molecule has 0 radical (unpaired) electrons. The smallest absolute Gasteiger partial charge is 0.332 e. The molecule has 45 heavy (non-hydrogen) atoms. The van der Waals surface area contributed by atoms with Crippen LogP contribution in [0.4, 0.5) is 13.2 Å². The Hall–Kier alpha value is -3.82. The summed E-state index contributed by atoms with van der Waals surface area (Å²) in [5, 5.41) is 0. The molecular weight excluding hydrogens is 583 g/mol. The maximum Gasteiger partial charge on any atom is 0.332 e. The van der Waals surface area contributed by atoms with Gasteiger partial charge in [0, 0.05) is 30.3 Å². The van der Waals surface area contributed by atoms with Crippen LogP contribution < -0.4 is 9.47 Å². The number of rotatable bonds is 13. The van der Waals surface area contributed by atoms with Crippen molar-refractivity contribution in [2.24, 2.45) is 0 Å². The second kappa shape index (κ2) is 14.1. The molecule has 6 nitrogen and oxygen atoms in total. The summed E-state index contributed by atoms with van der Waals surface area (Å²) in [6.45, 7) is 7.51. The van der Waals surface area contributed by atoms with Crippen LogP contribution in [-0.2, 0) is 27.3 Å². The first kappa shape index (κ1) is 32.6. The Morgan fingerprint density at radius 3 is 2.38 bits per heavy atom. The number of alkyl halides is 1. The Morgan fingerprint density at radius 2 is 1.69 bits per heavy atom. The Balaban J connectivity index is 1.27. The SMILES string of the molecule is CCOC(=O)COCCOc1ccc(COc2cc(F)c([C@@H]3C4=C(C[C@@H](C)N3CC(C)(C)F)c3ccccc3C4)c(F)c2)cc1. The summed E-state index contributed by atoms with van der Waals surface area (Å²) in [4.78, 5) is 13.2. The monoisotopic (exact) mass is 623 g/mol. The van der Waals surface area contributed by atoms with Crippen molar-refractivity contribution in [3.05, 3.63) is 100 Å². The van der Waals surface area contributed by atoms with Gasteiger partial charge in [-0.1, -0.05) is 36.4 Å². The van der Waals surface area contributed by atoms with Crippen LogP contribution >= 0.6 is 0 Å². The zero-order valence-electron chi connectivity index (χ0n) is 26.2. The third kappa shape index (κ3) is 7.89. The lowest BCUT2D eigenvalue weighted by atomic mass is 9.84. The molecule has 9 heteroatoms. The maximum atomic E-state index is 15.9. The highest BCUT2D eigenvalue weighted by molar-refractivity contribution is 5.79. The number of carbonyl (C=O) groups excluding carboxylic acids is 1. The summed E-state index contributed by atoms with van der Waals surface area (Å²) >= 11 is 0. The van der Waals surface area contributed by atoms with Gasteiger partial charge in [-0.2, -0.15) is 0 Å². The van der Waals surface area contributed by atoms with Gasteiger partial charge in [-0.05, 0) is 80.5 Å². The molecule has 1 aliphatic carbocycles. The highest BCUT2D eigenvalue weighted by Crippen LogP contribution is 2.50. The van der Waals surface area contributed by atoms with Crippen molar-refractivity contribution in [2.75, 3.05) is 33.0 Å². The molecule has 1 aliphatic heterocycles. The minimum atomic E-state index is -1.55. The molecule has 3 aromatic rings. The van der Waals surface area contributed by atoms with Crippen LogP contribution in [0.25, 0.3) is 5.57 Å². The Labute approximate surface area is 262 Å². The molecule has 0 N–H and O–H groups in total. The molecule has 2 atom stereocenters. The van der Waals surface area contributed by atoms with E-state index in [2.05, 4.69) is 6.07 Å². The average molecular weight is 624 g/mol. The van der Waals surface area contributed by atoms with E-state index in [4.69, 9.17) is 18.9 Å². The summed E-state index contributed by atoms with van der Waals surface area (Å²) in [5.41, 5.74) is 3.42. The fraction of sp³-hybridized carbons (Fsp3) is 0.417. The number of fused-ring (bicyclic) bond motifs is 2. The summed E-state index contributed by atoms with van der Waals surface area (Å²) in [6.07, 6.45) is 1.26. The van der Waals surface area contributed by atoms with Gasteiger partial charge in [-0.15, -0.1) is 0 Å². The first-order chi connectivity index (χ1) is 21.5. The lowest BCUT2D eigenvalue weighted by molar-refractivity contribution is -0.148. The van der Waals surface area contributed by atoms with E-state index in [9.17, 15) is 4.79 Å². The van der Waals surface area contributed by atoms with Crippen molar-refractivity contribution in [3.63, 3.8) is 0 Å². The minimum Gasteiger partial charge on any atom is -0.491 e. The van der Waals surface area contributed by atoms with Crippen molar-refractivity contribution in [3.8, 4) is 11.5 Å². The van der Waals surface area contributed by atoms with Crippen molar-refractivity contribution >= 4 is 11.5 Å². The standard InChI is InChI=1S/C36H40F3NO5/c1-5-43-33(41)21-42-14-15-44-26-12-10-24(11-13-26)20-45-27-18-31(37)34(32(38)19-27)35-30-17-25-8-6-7-9-28(25)29(30)16-23(2)40(35)22-36(3,4)39/h6-13,18-19,23,35H,5,14-17,20-22H2,1-4H3/t23-,35+/m1/s1. The van der Waals surface area contributed by atoms with Gasteiger partial charge in [0.05, 0.1) is 19.3 Å². The largest absolute Gasteiger partial charge is 0.491 e. The molecule has 1 heterocycles. The number of benzene rings is 3. The summed E-state index contributed by atoms with van der Waals surface area (Å²) < 4.78 is 68.3. The Morgan fingerprint density at radius 1 is 0.978 bits per heavy atom. The normalized spacial score (nSPS) is 18.0. The molecule has 0 amide bonds. The fourth-order valence-corrected chi connectivity index (χ4v) is 6.18. The number of carbonyl (C=O) groups is 1. The van der Waals surface area contributed by atoms with E-state index in [1.807, 2.05) is 30.0 Å². The zero-order valence-corrected chi connectivity index (χ0v) is 26.2. The van der Waals surface area contributed by atoms with Gasteiger partial charge in [0.2, 0.25) is 0 Å². The van der Waals surface area contributed by atoms with Crippen molar-refractivity contribution in [1.29, 1.82) is 0 Å². The maximum absolute atomic E-state index is 15.9. The first-order valence-electron chi connectivity index (χ1n) is 15.4. The van der Waals surface area contributed by atoms with Crippen LogP contribution in [0.5, 0.6) is 11.5 Å². The highest BCUT2D eigenvalue weighted by atomic mass is 19.1. The van der Waals surface area contributed by atoms with Gasteiger partial charge in [0.15, 0.2) is 0 Å². The number of hydrogen-bond donors (Lipinski definition) is 0. The van der Waals surface area contributed by atoms with E-state index in [1.165, 1.54) is 26.0 Å². The summed E-state index contributed by atoms with van der Waals surface area (Å²) in [7, 11) is 0. The molecule has 240 valence electrons. The second-order valence-corrected chi connectivity index (χ2v) is 12.1. The number of hydrogen-bond acceptors (Lipinski definition) is 6. The molecule has 0 aromatic heterocycles. The predicted octanol–water partition coefficient (Wildman–Crippen LogP) is 7.40. The van der Waals surface area contributed by atoms with E-state index >= 15 is 13.2 Å². The summed E-state index contributed by atoms with van der Waals surface area (Å²) in [6, 6.07) is 16.7. The third-order valence-electron chi connectivity index (χ3n) is 8.07. The molecule has 0 saturated carbocycles. The molecule has 0 unspecified atom stereocenters. The van der Waals surface area contributed by atoms with Crippen LogP contribution in [-0.4, -0.2) is 55.6 Å². The molecular formula is C36H40F3NO5. The predicted molar refractivity (Wildman–Crippen MR) is 166 cm³/mol. The number of ether oxygens (including phenoxy) is 4. The lowest BCUT2D eigenvalue weighted by Crippen LogP contribution is -2.47. The van der Waals surface area contributed by atoms with E-state index in [-0.39, 0.29) is 50.3 Å². The van der Waals surface area contributed by atoms with E-state index in [1.54, 1.807) is 31.2 Å². The van der Waals surface area contributed by atoms with Crippen molar-refractivity contribution < 1.29 is 36.9 Å². The second-order valence-electron chi connectivity index (χ2n) is 12.1. The molecule has 0 fully saturated rings. The number of esters is 1. The van der Waals surface area contributed by atoms with Gasteiger partial charge in [-0.3, -0.25) is 4.90 Å². The first-order valence-corrected chi connectivity index (χ1v) is 15.4. The van der Waals surface area contributed by atoms with Crippen LogP contribution in [0, 0.1) is 11.6 Å². The van der Waals surface area contributed by atoms with E-state index in [0.29, 0.717) is 25.2 Å². The quantitative estimate of drug-likeness (QED) is 0.146. The number of nitrogens with zero attached hydrogens (tertiary/aromatic N) is 1. The topological polar surface area (TPSA) is 57.2 Å². The van der Waals surface area contributed by atoms with Gasteiger partial charge in [0.1, 0.15) is 48.6 Å². The molecule has 5 rings (SSSR count). The third-order valence-corrected chi connectivity index (χ3v) is 8.07. The molecule has 0 spiro atoms. The molecule has 2 aliphatic rings. The van der Waals surface area contributed by atoms with E-state index in [0.717, 1.165) is 27.8 Å². The highest BCUT2D eigenvalue weighted by Gasteiger charge is 2.43. The van der Waals surface area contributed by atoms with Crippen molar-refractivity contribution in [1.82, 2.24) is 4.90 Å².